The van der Waals surface area contributed by atoms with Crippen molar-refractivity contribution in [2.24, 2.45) is 0 Å². The van der Waals surface area contributed by atoms with E-state index in [2.05, 4.69) is 9.72 Å². The molecule has 0 fully saturated rings. The van der Waals surface area contributed by atoms with Crippen LogP contribution >= 0.6 is 23.2 Å². The average molecular weight is 350 g/mol. The molecular formula is C14H11Cl2F2NO3. The molecule has 2 rings (SSSR count). The van der Waals surface area contributed by atoms with Crippen LogP contribution < -0.4 is 4.74 Å². The second kappa shape index (κ2) is 7.09. The van der Waals surface area contributed by atoms with Gasteiger partial charge in [0.15, 0.2) is 11.5 Å². The molecule has 4 nitrogen and oxygen atoms in total. The number of pyridine rings is 1. The van der Waals surface area contributed by atoms with E-state index in [1.807, 2.05) is 0 Å². The summed E-state index contributed by atoms with van der Waals surface area (Å²) in [6.45, 7) is -3.05. The van der Waals surface area contributed by atoms with Crippen LogP contribution in [0.4, 0.5) is 8.78 Å². The lowest BCUT2D eigenvalue weighted by Gasteiger charge is -2.15. The Morgan fingerprint density at radius 2 is 1.82 bits per heavy atom. The first-order chi connectivity index (χ1) is 10.4. The number of nitrogens with zero attached hydrogens (tertiary/aromatic N) is 1. The molecule has 0 spiro atoms. The fourth-order valence-corrected chi connectivity index (χ4v) is 2.40. The number of aromatic hydroxyl groups is 1. The van der Waals surface area contributed by atoms with E-state index in [9.17, 15) is 19.0 Å². The van der Waals surface area contributed by atoms with Gasteiger partial charge in [-0.25, -0.2) is 0 Å². The van der Waals surface area contributed by atoms with E-state index >= 15 is 0 Å². The van der Waals surface area contributed by atoms with Gasteiger partial charge in [-0.1, -0.05) is 29.3 Å². The fraction of sp³-hybridized carbons (Fsp3) is 0.214. The topological polar surface area (TPSA) is 62.6 Å². The molecule has 0 aliphatic heterocycles. The maximum absolute atomic E-state index is 12.1. The van der Waals surface area contributed by atoms with Crippen molar-refractivity contribution in [1.82, 2.24) is 4.98 Å². The normalized spacial score (nSPS) is 12.5. The summed E-state index contributed by atoms with van der Waals surface area (Å²) >= 11 is 11.9. The Morgan fingerprint density at radius 1 is 1.18 bits per heavy atom. The molecule has 1 heterocycles. The minimum absolute atomic E-state index is 0.0781. The lowest BCUT2D eigenvalue weighted by atomic mass is 10.0. The number of ether oxygens (including phenoxy) is 1. The van der Waals surface area contributed by atoms with Gasteiger partial charge in [-0.2, -0.15) is 8.78 Å². The molecule has 0 amide bonds. The SMILES string of the molecule is Oc1cc(C(O)Cc2c(Cl)cncc2Cl)ccc1OC(F)F. The van der Waals surface area contributed by atoms with E-state index in [4.69, 9.17) is 23.2 Å². The van der Waals surface area contributed by atoms with Crippen molar-refractivity contribution in [3.63, 3.8) is 0 Å². The van der Waals surface area contributed by atoms with Crippen molar-refractivity contribution >= 4 is 23.2 Å². The standard InChI is InChI=1S/C14H11Cl2F2NO3/c15-9-5-19-6-10(16)8(9)4-11(20)7-1-2-13(12(21)3-7)22-14(17)18/h1-3,5-6,11,14,20-21H,4H2. The number of rotatable bonds is 5. The average Bonchev–Trinajstić information content (AvgIpc) is 2.44. The molecule has 8 heteroatoms. The number of benzene rings is 1. The van der Waals surface area contributed by atoms with Gasteiger partial charge in [0.25, 0.3) is 0 Å². The van der Waals surface area contributed by atoms with E-state index in [-0.39, 0.29) is 12.2 Å². The van der Waals surface area contributed by atoms with Crippen LogP contribution in [0.15, 0.2) is 30.6 Å². The van der Waals surface area contributed by atoms with Crippen LogP contribution in [0.1, 0.15) is 17.2 Å². The molecular weight excluding hydrogens is 339 g/mol. The third-order valence-electron chi connectivity index (χ3n) is 2.93. The molecule has 0 radical (unpaired) electrons. The van der Waals surface area contributed by atoms with Gasteiger partial charge >= 0.3 is 6.61 Å². The molecule has 2 N–H and O–H groups in total. The number of halogens is 4. The van der Waals surface area contributed by atoms with Gasteiger partial charge in [-0.3, -0.25) is 4.98 Å². The van der Waals surface area contributed by atoms with Gasteiger partial charge in [0, 0.05) is 18.8 Å². The molecule has 2 aromatic rings. The Labute approximate surface area is 134 Å². The van der Waals surface area contributed by atoms with Gasteiger partial charge in [0.1, 0.15) is 0 Å². The van der Waals surface area contributed by atoms with Gasteiger partial charge in [0.05, 0.1) is 16.1 Å². The lowest BCUT2D eigenvalue weighted by molar-refractivity contribution is -0.0512. The summed E-state index contributed by atoms with van der Waals surface area (Å²) in [5.74, 6) is -0.866. The van der Waals surface area contributed by atoms with E-state index in [1.165, 1.54) is 18.5 Å². The van der Waals surface area contributed by atoms with Crippen LogP contribution in [-0.2, 0) is 6.42 Å². The van der Waals surface area contributed by atoms with Gasteiger partial charge in [-0.15, -0.1) is 0 Å². The zero-order valence-corrected chi connectivity index (χ0v) is 12.5. The van der Waals surface area contributed by atoms with Gasteiger partial charge in [-0.05, 0) is 23.3 Å². The number of hydrogen-bond acceptors (Lipinski definition) is 4. The third-order valence-corrected chi connectivity index (χ3v) is 3.59. The monoisotopic (exact) mass is 349 g/mol. The molecule has 118 valence electrons. The van der Waals surface area contributed by atoms with Crippen molar-refractivity contribution in [2.45, 2.75) is 19.1 Å². The van der Waals surface area contributed by atoms with Crippen LogP contribution in [0, 0.1) is 0 Å². The Balaban J connectivity index is 2.19. The molecule has 0 saturated heterocycles. The fourth-order valence-electron chi connectivity index (χ4n) is 1.88. The number of aliphatic hydroxyl groups is 1. The Bertz CT molecular complexity index is 650. The smallest absolute Gasteiger partial charge is 0.387 e. The number of phenols is 1. The van der Waals surface area contributed by atoms with E-state index in [0.29, 0.717) is 21.2 Å². The summed E-state index contributed by atoms with van der Waals surface area (Å²) in [5, 5.41) is 20.4. The molecule has 1 unspecified atom stereocenters. The molecule has 1 aromatic carbocycles. The summed E-state index contributed by atoms with van der Waals surface area (Å²) < 4.78 is 28.4. The first-order valence-corrected chi connectivity index (χ1v) is 6.87. The lowest BCUT2D eigenvalue weighted by Crippen LogP contribution is -2.05. The highest BCUT2D eigenvalue weighted by Gasteiger charge is 2.17. The molecule has 0 aliphatic carbocycles. The number of aliphatic hydroxyl groups excluding tert-OH is 1. The first-order valence-electron chi connectivity index (χ1n) is 6.12. The van der Waals surface area contributed by atoms with Crippen LogP contribution in [0.25, 0.3) is 0 Å². The summed E-state index contributed by atoms with van der Waals surface area (Å²) in [6.07, 6.45) is 1.83. The van der Waals surface area contributed by atoms with E-state index in [0.717, 1.165) is 12.1 Å². The summed E-state index contributed by atoms with van der Waals surface area (Å²) in [5.41, 5.74) is 0.807. The predicted octanol–water partition coefficient (Wildman–Crippen LogP) is 3.97. The maximum Gasteiger partial charge on any atom is 0.387 e. The molecule has 22 heavy (non-hydrogen) atoms. The Morgan fingerprint density at radius 3 is 2.36 bits per heavy atom. The van der Waals surface area contributed by atoms with Crippen molar-refractivity contribution in [3.05, 3.63) is 51.8 Å². The number of phenolic OH excluding ortho intramolecular Hbond substituents is 1. The Hall–Kier alpha value is -1.63. The van der Waals surface area contributed by atoms with E-state index in [1.54, 1.807) is 0 Å². The van der Waals surface area contributed by atoms with Crippen LogP contribution in [-0.4, -0.2) is 21.8 Å². The second-order valence-electron chi connectivity index (χ2n) is 4.41. The minimum atomic E-state index is -3.05. The highest BCUT2D eigenvalue weighted by Crippen LogP contribution is 2.33. The largest absolute Gasteiger partial charge is 0.504 e. The second-order valence-corrected chi connectivity index (χ2v) is 5.22. The van der Waals surface area contributed by atoms with Gasteiger partial charge < -0.3 is 14.9 Å². The third kappa shape index (κ3) is 3.97. The maximum atomic E-state index is 12.1. The Kier molecular flexibility index (Phi) is 5.39. The number of alkyl halides is 2. The summed E-state index contributed by atoms with van der Waals surface area (Å²) in [7, 11) is 0. The predicted molar refractivity (Wildman–Crippen MR) is 77.7 cm³/mol. The zero-order valence-electron chi connectivity index (χ0n) is 11.0. The van der Waals surface area contributed by atoms with Crippen molar-refractivity contribution < 1.29 is 23.7 Å². The quantitative estimate of drug-likeness (QED) is 0.857. The summed E-state index contributed by atoms with van der Waals surface area (Å²) in [4.78, 5) is 3.80. The molecule has 0 saturated carbocycles. The van der Waals surface area contributed by atoms with Crippen molar-refractivity contribution in [2.75, 3.05) is 0 Å². The summed E-state index contributed by atoms with van der Waals surface area (Å²) in [6, 6.07) is 3.66. The zero-order chi connectivity index (χ0) is 16.3. The van der Waals surface area contributed by atoms with Gasteiger partial charge in [0.2, 0.25) is 0 Å². The molecule has 0 aliphatic rings. The van der Waals surface area contributed by atoms with E-state index < -0.39 is 18.5 Å². The number of aromatic nitrogens is 1. The first kappa shape index (κ1) is 16.7. The number of hydrogen-bond donors (Lipinski definition) is 2. The van der Waals surface area contributed by atoms with Crippen LogP contribution in [0.3, 0.4) is 0 Å². The van der Waals surface area contributed by atoms with Crippen LogP contribution in [0.5, 0.6) is 11.5 Å². The van der Waals surface area contributed by atoms with Crippen LogP contribution in [0.2, 0.25) is 10.0 Å². The highest BCUT2D eigenvalue weighted by molar-refractivity contribution is 6.35. The molecule has 1 aromatic heterocycles. The molecule has 1 atom stereocenters. The van der Waals surface area contributed by atoms with Crippen molar-refractivity contribution in [1.29, 1.82) is 0 Å². The highest BCUT2D eigenvalue weighted by atomic mass is 35.5. The van der Waals surface area contributed by atoms with Crippen molar-refractivity contribution in [3.8, 4) is 11.5 Å². The molecule has 0 bridgehead atoms. The minimum Gasteiger partial charge on any atom is -0.504 e.